The minimum atomic E-state index is -2.82. The number of hydrogen-bond acceptors (Lipinski definition) is 3. The second-order valence-electron chi connectivity index (χ2n) is 3.28. The van der Waals surface area contributed by atoms with Gasteiger partial charge in [0.2, 0.25) is 0 Å². The molecule has 2 aromatic rings. The van der Waals surface area contributed by atoms with Crippen molar-refractivity contribution in [1.82, 2.24) is 14.8 Å². The molecule has 0 saturated heterocycles. The Labute approximate surface area is 101 Å². The summed E-state index contributed by atoms with van der Waals surface area (Å²) < 4.78 is 30.3. The Balaban J connectivity index is 2.33. The first-order valence-corrected chi connectivity index (χ1v) is 5.18. The molecule has 0 unspecified atom stereocenters. The van der Waals surface area contributed by atoms with Crippen molar-refractivity contribution in [3.63, 3.8) is 0 Å². The topological polar surface area (TPSA) is 42.8 Å². The van der Waals surface area contributed by atoms with E-state index in [1.54, 1.807) is 23.6 Å². The predicted molar refractivity (Wildman–Crippen MR) is 60.1 cm³/mol. The van der Waals surface area contributed by atoms with Gasteiger partial charge in [-0.25, -0.2) is 0 Å². The molecular formula is C10H9F2N3OS. The van der Waals surface area contributed by atoms with Gasteiger partial charge in [0.05, 0.1) is 0 Å². The van der Waals surface area contributed by atoms with Crippen LogP contribution >= 0.6 is 12.2 Å². The van der Waals surface area contributed by atoms with Crippen molar-refractivity contribution in [2.75, 3.05) is 0 Å². The van der Waals surface area contributed by atoms with Crippen molar-refractivity contribution in [3.8, 4) is 11.4 Å². The second kappa shape index (κ2) is 4.62. The minimum absolute atomic E-state index is 0.108. The van der Waals surface area contributed by atoms with Crippen LogP contribution in [0.1, 0.15) is 5.82 Å². The molecule has 4 nitrogen and oxygen atoms in total. The van der Waals surface area contributed by atoms with E-state index in [1.807, 2.05) is 0 Å². The minimum Gasteiger partial charge on any atom is -0.435 e. The van der Waals surface area contributed by atoms with Gasteiger partial charge in [-0.1, -0.05) is 0 Å². The molecule has 0 amide bonds. The summed E-state index contributed by atoms with van der Waals surface area (Å²) in [6.45, 7) is -1.03. The molecule has 0 saturated carbocycles. The van der Waals surface area contributed by atoms with E-state index in [1.165, 1.54) is 12.1 Å². The smallest absolute Gasteiger partial charge is 0.387 e. The number of ether oxygens (including phenoxy) is 1. The Morgan fingerprint density at radius 2 is 2.00 bits per heavy atom. The number of benzene rings is 1. The summed E-state index contributed by atoms with van der Waals surface area (Å²) in [4.78, 5) is 0. The van der Waals surface area contributed by atoms with Crippen LogP contribution in [0.5, 0.6) is 5.75 Å². The lowest BCUT2D eigenvalue weighted by Gasteiger charge is -2.07. The monoisotopic (exact) mass is 257 g/mol. The van der Waals surface area contributed by atoms with Crippen LogP contribution in [0.3, 0.4) is 0 Å². The van der Waals surface area contributed by atoms with Crippen LogP contribution in [0.15, 0.2) is 24.3 Å². The van der Waals surface area contributed by atoms with Crippen LogP contribution in [-0.4, -0.2) is 21.4 Å². The Morgan fingerprint density at radius 3 is 2.47 bits per heavy atom. The molecule has 2 rings (SSSR count). The third-order valence-corrected chi connectivity index (χ3v) is 2.43. The van der Waals surface area contributed by atoms with Crippen molar-refractivity contribution >= 4 is 12.2 Å². The van der Waals surface area contributed by atoms with E-state index < -0.39 is 6.61 Å². The van der Waals surface area contributed by atoms with Crippen LogP contribution in [0.4, 0.5) is 8.78 Å². The highest BCUT2D eigenvalue weighted by Gasteiger charge is 2.06. The van der Waals surface area contributed by atoms with Crippen molar-refractivity contribution < 1.29 is 13.5 Å². The normalized spacial score (nSPS) is 10.8. The fourth-order valence-corrected chi connectivity index (χ4v) is 1.74. The van der Waals surface area contributed by atoms with Gasteiger partial charge in [-0.05, 0) is 43.4 Å². The summed E-state index contributed by atoms with van der Waals surface area (Å²) in [6, 6.07) is 6.18. The molecule has 1 heterocycles. The average molecular weight is 257 g/mol. The molecule has 17 heavy (non-hydrogen) atoms. The van der Waals surface area contributed by atoms with Gasteiger partial charge in [-0.2, -0.15) is 13.9 Å². The number of aryl methyl sites for hydroxylation is 1. The largest absolute Gasteiger partial charge is 0.435 e. The molecule has 0 atom stereocenters. The van der Waals surface area contributed by atoms with Gasteiger partial charge in [0.1, 0.15) is 11.6 Å². The number of H-pyrrole nitrogens is 1. The highest BCUT2D eigenvalue weighted by atomic mass is 32.1. The molecule has 0 radical (unpaired) electrons. The number of halogens is 2. The fourth-order valence-electron chi connectivity index (χ4n) is 1.46. The summed E-state index contributed by atoms with van der Waals surface area (Å²) in [7, 11) is 0. The zero-order chi connectivity index (χ0) is 12.4. The van der Waals surface area contributed by atoms with E-state index in [2.05, 4.69) is 14.9 Å². The number of hydrogen-bond donors (Lipinski definition) is 1. The standard InChI is InChI=1S/C10H9F2N3OS/c1-6-13-14-10(17)15(6)7-2-4-8(5-3-7)16-9(11)12/h2-5,9H,1H3,(H,14,17). The molecule has 0 aliphatic rings. The molecule has 90 valence electrons. The van der Waals surface area contributed by atoms with E-state index in [0.717, 1.165) is 5.69 Å². The zero-order valence-electron chi connectivity index (χ0n) is 8.85. The SMILES string of the molecule is Cc1n[nH]c(=S)n1-c1ccc(OC(F)F)cc1. The third kappa shape index (κ3) is 2.50. The van der Waals surface area contributed by atoms with Crippen LogP contribution in [0, 0.1) is 11.7 Å². The van der Waals surface area contributed by atoms with Gasteiger partial charge in [0.25, 0.3) is 0 Å². The maximum absolute atomic E-state index is 12.0. The molecule has 1 aromatic heterocycles. The van der Waals surface area contributed by atoms with Gasteiger partial charge >= 0.3 is 6.61 Å². The first-order valence-electron chi connectivity index (χ1n) is 4.77. The van der Waals surface area contributed by atoms with Gasteiger partial charge < -0.3 is 4.74 Å². The summed E-state index contributed by atoms with van der Waals surface area (Å²) >= 11 is 5.05. The van der Waals surface area contributed by atoms with Gasteiger partial charge in [0, 0.05) is 5.69 Å². The highest BCUT2D eigenvalue weighted by Crippen LogP contribution is 2.18. The van der Waals surface area contributed by atoms with E-state index in [9.17, 15) is 8.78 Å². The predicted octanol–water partition coefficient (Wildman–Crippen LogP) is 2.84. The highest BCUT2D eigenvalue weighted by molar-refractivity contribution is 7.71. The van der Waals surface area contributed by atoms with Crippen LogP contribution in [0.25, 0.3) is 5.69 Å². The summed E-state index contributed by atoms with van der Waals surface area (Å²) in [5.74, 6) is 0.800. The molecule has 1 N–H and O–H groups in total. The second-order valence-corrected chi connectivity index (χ2v) is 3.67. The molecule has 0 bridgehead atoms. The van der Waals surface area contributed by atoms with Crippen LogP contribution in [-0.2, 0) is 0 Å². The zero-order valence-corrected chi connectivity index (χ0v) is 9.67. The molecule has 0 aliphatic carbocycles. The van der Waals surface area contributed by atoms with Gasteiger partial charge in [-0.15, -0.1) is 0 Å². The number of rotatable bonds is 3. The molecule has 1 aromatic carbocycles. The van der Waals surface area contributed by atoms with Crippen molar-refractivity contribution in [2.24, 2.45) is 0 Å². The van der Waals surface area contributed by atoms with E-state index >= 15 is 0 Å². The van der Waals surface area contributed by atoms with E-state index in [-0.39, 0.29) is 5.75 Å². The Hall–Kier alpha value is -1.76. The summed E-state index contributed by atoms with van der Waals surface area (Å²) in [6.07, 6.45) is 0. The molecule has 0 aliphatic heterocycles. The summed E-state index contributed by atoms with van der Waals surface area (Å²) in [5, 5.41) is 6.60. The Morgan fingerprint density at radius 1 is 1.35 bits per heavy atom. The fraction of sp³-hybridized carbons (Fsp3) is 0.200. The maximum Gasteiger partial charge on any atom is 0.387 e. The molecule has 0 fully saturated rings. The molecular weight excluding hydrogens is 248 g/mol. The third-order valence-electron chi connectivity index (χ3n) is 2.16. The lowest BCUT2D eigenvalue weighted by Crippen LogP contribution is -2.02. The van der Waals surface area contributed by atoms with Crippen molar-refractivity contribution in [1.29, 1.82) is 0 Å². The lowest BCUT2D eigenvalue weighted by molar-refractivity contribution is -0.0498. The molecule has 0 spiro atoms. The quantitative estimate of drug-likeness (QED) is 0.860. The van der Waals surface area contributed by atoms with Crippen LogP contribution < -0.4 is 4.74 Å². The first kappa shape index (κ1) is 11.7. The Kier molecular flexibility index (Phi) is 3.19. The number of aromatic amines is 1. The number of nitrogens with zero attached hydrogens (tertiary/aromatic N) is 2. The van der Waals surface area contributed by atoms with E-state index in [4.69, 9.17) is 12.2 Å². The summed E-state index contributed by atoms with van der Waals surface area (Å²) in [5.41, 5.74) is 0.739. The van der Waals surface area contributed by atoms with Crippen LogP contribution in [0.2, 0.25) is 0 Å². The van der Waals surface area contributed by atoms with Gasteiger partial charge in [0.15, 0.2) is 4.77 Å². The van der Waals surface area contributed by atoms with Crippen molar-refractivity contribution in [3.05, 3.63) is 34.9 Å². The molecule has 7 heteroatoms. The number of aromatic nitrogens is 3. The van der Waals surface area contributed by atoms with Gasteiger partial charge in [-0.3, -0.25) is 9.67 Å². The maximum atomic E-state index is 12.0. The van der Waals surface area contributed by atoms with E-state index in [0.29, 0.717) is 10.6 Å². The number of alkyl halides is 2. The Bertz CT molecular complexity index is 562. The average Bonchev–Trinajstić information content (AvgIpc) is 2.59. The van der Waals surface area contributed by atoms with Crippen molar-refractivity contribution in [2.45, 2.75) is 13.5 Å². The lowest BCUT2D eigenvalue weighted by atomic mass is 10.3. The number of nitrogens with one attached hydrogen (secondary N) is 1. The first-order chi connectivity index (χ1) is 8.08.